The zero-order valence-corrected chi connectivity index (χ0v) is 11.8. The molecule has 0 atom stereocenters. The molecule has 0 saturated carbocycles. The van der Waals surface area contributed by atoms with Gasteiger partial charge in [-0.3, -0.25) is 4.79 Å². The minimum Gasteiger partial charge on any atom is -0.319 e. The molecule has 0 fully saturated rings. The molecule has 2 aromatic carbocycles. The van der Waals surface area contributed by atoms with Crippen molar-refractivity contribution in [2.24, 2.45) is 0 Å². The SMILES string of the molecule is Cc1ccc(-c2c(C=O)cn3c2Cc2ccccc2-3)cc1. The van der Waals surface area contributed by atoms with Gasteiger partial charge in [0, 0.05) is 35.1 Å². The molecule has 0 N–H and O–H groups in total. The number of hydrogen-bond donors (Lipinski definition) is 0. The summed E-state index contributed by atoms with van der Waals surface area (Å²) in [5.41, 5.74) is 7.90. The van der Waals surface area contributed by atoms with Crippen molar-refractivity contribution in [1.29, 1.82) is 0 Å². The molecule has 4 rings (SSSR count). The summed E-state index contributed by atoms with van der Waals surface area (Å²) in [6.07, 6.45) is 3.81. The molecule has 3 aromatic rings. The molecule has 0 unspecified atom stereocenters. The van der Waals surface area contributed by atoms with Crippen LogP contribution in [-0.4, -0.2) is 10.9 Å². The van der Waals surface area contributed by atoms with Gasteiger partial charge in [-0.25, -0.2) is 0 Å². The molecule has 2 heteroatoms. The van der Waals surface area contributed by atoms with Crippen LogP contribution in [0.1, 0.15) is 27.2 Å². The second-order valence-corrected chi connectivity index (χ2v) is 5.57. The van der Waals surface area contributed by atoms with Gasteiger partial charge in [-0.15, -0.1) is 0 Å². The second kappa shape index (κ2) is 4.45. The first-order chi connectivity index (χ1) is 10.3. The van der Waals surface area contributed by atoms with Gasteiger partial charge in [0.2, 0.25) is 0 Å². The van der Waals surface area contributed by atoms with Crippen LogP contribution in [0.4, 0.5) is 0 Å². The molecule has 0 spiro atoms. The Hall–Kier alpha value is -2.61. The Kier molecular flexibility index (Phi) is 2.58. The number of para-hydroxylation sites is 1. The van der Waals surface area contributed by atoms with Crippen molar-refractivity contribution < 1.29 is 4.79 Å². The Morgan fingerprint density at radius 1 is 1.05 bits per heavy atom. The lowest BCUT2D eigenvalue weighted by Gasteiger charge is -2.04. The van der Waals surface area contributed by atoms with Crippen LogP contribution in [-0.2, 0) is 6.42 Å². The molecular formula is C19H15NO. The van der Waals surface area contributed by atoms with Crippen molar-refractivity contribution in [1.82, 2.24) is 4.57 Å². The number of carbonyl (C=O) groups excluding carboxylic acids is 1. The van der Waals surface area contributed by atoms with E-state index in [9.17, 15) is 4.79 Å². The van der Waals surface area contributed by atoms with E-state index >= 15 is 0 Å². The predicted octanol–water partition coefficient (Wildman–Crippen LogP) is 4.17. The monoisotopic (exact) mass is 273 g/mol. The van der Waals surface area contributed by atoms with Gasteiger partial charge in [0.05, 0.1) is 0 Å². The first kappa shape index (κ1) is 12.2. The molecule has 1 aliphatic rings. The van der Waals surface area contributed by atoms with Crippen LogP contribution in [0.3, 0.4) is 0 Å². The molecule has 1 aliphatic heterocycles. The third kappa shape index (κ3) is 1.76. The average molecular weight is 273 g/mol. The fourth-order valence-corrected chi connectivity index (χ4v) is 3.18. The molecule has 0 saturated heterocycles. The van der Waals surface area contributed by atoms with Gasteiger partial charge >= 0.3 is 0 Å². The van der Waals surface area contributed by atoms with E-state index in [0.29, 0.717) is 0 Å². The summed E-state index contributed by atoms with van der Waals surface area (Å²) >= 11 is 0. The largest absolute Gasteiger partial charge is 0.319 e. The molecule has 0 amide bonds. The van der Waals surface area contributed by atoms with E-state index in [-0.39, 0.29) is 0 Å². The van der Waals surface area contributed by atoms with Crippen LogP contribution < -0.4 is 0 Å². The van der Waals surface area contributed by atoms with Crippen LogP contribution in [0.2, 0.25) is 0 Å². The maximum Gasteiger partial charge on any atom is 0.152 e. The highest BCUT2D eigenvalue weighted by Crippen LogP contribution is 2.37. The highest BCUT2D eigenvalue weighted by atomic mass is 16.1. The summed E-state index contributed by atoms with van der Waals surface area (Å²) in [6, 6.07) is 16.8. The lowest BCUT2D eigenvalue weighted by Crippen LogP contribution is -1.90. The molecule has 0 aliphatic carbocycles. The fraction of sp³-hybridized carbons (Fsp3) is 0.105. The van der Waals surface area contributed by atoms with Crippen molar-refractivity contribution in [2.45, 2.75) is 13.3 Å². The first-order valence-electron chi connectivity index (χ1n) is 7.12. The molecule has 102 valence electrons. The minimum absolute atomic E-state index is 0.767. The number of rotatable bonds is 2. The number of aryl methyl sites for hydroxylation is 1. The van der Waals surface area contributed by atoms with Gasteiger partial charge in [0.25, 0.3) is 0 Å². The van der Waals surface area contributed by atoms with E-state index < -0.39 is 0 Å². The Morgan fingerprint density at radius 2 is 1.81 bits per heavy atom. The molecule has 2 heterocycles. The lowest BCUT2D eigenvalue weighted by molar-refractivity contribution is 0.112. The smallest absolute Gasteiger partial charge is 0.152 e. The standard InChI is InChI=1S/C19H15NO/c1-13-6-8-14(9-7-13)19-16(12-21)11-20-17-5-3-2-4-15(17)10-18(19)20/h2-9,11-12H,10H2,1H3. The molecular weight excluding hydrogens is 258 g/mol. The molecule has 2 nitrogen and oxygen atoms in total. The summed E-state index contributed by atoms with van der Waals surface area (Å²) in [5.74, 6) is 0. The van der Waals surface area contributed by atoms with Gasteiger partial charge in [0.1, 0.15) is 0 Å². The summed E-state index contributed by atoms with van der Waals surface area (Å²) in [6.45, 7) is 2.07. The van der Waals surface area contributed by atoms with Crippen LogP contribution in [0.5, 0.6) is 0 Å². The molecule has 21 heavy (non-hydrogen) atoms. The van der Waals surface area contributed by atoms with E-state index in [2.05, 4.69) is 54.0 Å². The Bertz CT molecular complexity index is 841. The Morgan fingerprint density at radius 3 is 2.57 bits per heavy atom. The van der Waals surface area contributed by atoms with Crippen LogP contribution in [0.15, 0.2) is 54.7 Å². The maximum atomic E-state index is 11.5. The second-order valence-electron chi connectivity index (χ2n) is 5.57. The molecule has 1 aromatic heterocycles. The van der Waals surface area contributed by atoms with E-state index in [0.717, 1.165) is 29.4 Å². The van der Waals surface area contributed by atoms with Crippen molar-refractivity contribution >= 4 is 6.29 Å². The van der Waals surface area contributed by atoms with Gasteiger partial charge in [-0.05, 0) is 24.1 Å². The van der Waals surface area contributed by atoms with Gasteiger partial charge in [-0.1, -0.05) is 48.0 Å². The minimum atomic E-state index is 0.767. The van der Waals surface area contributed by atoms with Crippen molar-refractivity contribution in [2.75, 3.05) is 0 Å². The van der Waals surface area contributed by atoms with Gasteiger partial charge in [0.15, 0.2) is 6.29 Å². The van der Waals surface area contributed by atoms with E-state index in [1.807, 2.05) is 12.3 Å². The Labute approximate surface area is 123 Å². The maximum absolute atomic E-state index is 11.5. The number of carbonyl (C=O) groups is 1. The van der Waals surface area contributed by atoms with E-state index in [1.165, 1.54) is 22.5 Å². The van der Waals surface area contributed by atoms with Crippen molar-refractivity contribution in [3.8, 4) is 16.8 Å². The van der Waals surface area contributed by atoms with Crippen LogP contribution in [0.25, 0.3) is 16.8 Å². The highest BCUT2D eigenvalue weighted by molar-refractivity contribution is 5.90. The van der Waals surface area contributed by atoms with Crippen LogP contribution in [0, 0.1) is 6.92 Å². The number of nitrogens with zero attached hydrogens (tertiary/aromatic N) is 1. The highest BCUT2D eigenvalue weighted by Gasteiger charge is 2.24. The first-order valence-corrected chi connectivity index (χ1v) is 7.12. The normalized spacial score (nSPS) is 12.0. The number of hydrogen-bond acceptors (Lipinski definition) is 1. The fourth-order valence-electron chi connectivity index (χ4n) is 3.18. The zero-order valence-electron chi connectivity index (χ0n) is 11.8. The quantitative estimate of drug-likeness (QED) is 0.502. The van der Waals surface area contributed by atoms with E-state index in [1.54, 1.807) is 0 Å². The third-order valence-corrected chi connectivity index (χ3v) is 4.21. The van der Waals surface area contributed by atoms with Gasteiger partial charge in [-0.2, -0.15) is 0 Å². The summed E-state index contributed by atoms with van der Waals surface area (Å²) in [5, 5.41) is 0. The van der Waals surface area contributed by atoms with Crippen molar-refractivity contribution in [3.63, 3.8) is 0 Å². The Balaban J connectivity index is 1.95. The summed E-state index contributed by atoms with van der Waals surface area (Å²) in [7, 11) is 0. The molecule has 0 radical (unpaired) electrons. The van der Waals surface area contributed by atoms with Crippen molar-refractivity contribution in [3.05, 3.63) is 77.1 Å². The molecule has 0 bridgehead atoms. The predicted molar refractivity (Wildman–Crippen MR) is 84.1 cm³/mol. The number of fused-ring (bicyclic) bond motifs is 3. The topological polar surface area (TPSA) is 22.0 Å². The number of aldehydes is 1. The number of aromatic nitrogens is 1. The third-order valence-electron chi connectivity index (χ3n) is 4.21. The summed E-state index contributed by atoms with van der Waals surface area (Å²) in [4.78, 5) is 11.5. The van der Waals surface area contributed by atoms with Crippen LogP contribution >= 0.6 is 0 Å². The number of benzene rings is 2. The van der Waals surface area contributed by atoms with E-state index in [4.69, 9.17) is 0 Å². The summed E-state index contributed by atoms with van der Waals surface area (Å²) < 4.78 is 2.16. The van der Waals surface area contributed by atoms with Gasteiger partial charge < -0.3 is 4.57 Å². The lowest BCUT2D eigenvalue weighted by atomic mass is 9.98. The average Bonchev–Trinajstić information content (AvgIpc) is 3.03. The zero-order chi connectivity index (χ0) is 14.4.